The number of carbonyl (C=O) groups excluding carboxylic acids is 1. The Morgan fingerprint density at radius 2 is 1.79 bits per heavy atom. The lowest BCUT2D eigenvalue weighted by Gasteiger charge is -2.17. The molecule has 0 amide bonds. The summed E-state index contributed by atoms with van der Waals surface area (Å²) in [6, 6.07) is 10.6. The van der Waals surface area contributed by atoms with Crippen molar-refractivity contribution in [1.82, 2.24) is 0 Å². The minimum atomic E-state index is -0.598. The number of ether oxygens (including phenoxy) is 4. The quantitative estimate of drug-likeness (QED) is 0.200. The van der Waals surface area contributed by atoms with Crippen molar-refractivity contribution in [3.05, 3.63) is 64.7 Å². The minimum Gasteiger partial charge on any atom is -0.490 e. The Morgan fingerprint density at radius 1 is 1.11 bits per heavy atom. The number of rotatable bonds is 10. The summed E-state index contributed by atoms with van der Waals surface area (Å²) in [6.07, 6.45) is 0. The highest BCUT2D eigenvalue weighted by Gasteiger charge is 2.21. The van der Waals surface area contributed by atoms with E-state index in [4.69, 9.17) is 18.9 Å². The lowest BCUT2D eigenvalue weighted by molar-refractivity contribution is -0.384. The van der Waals surface area contributed by atoms with Gasteiger partial charge >= 0.3 is 5.97 Å². The van der Waals surface area contributed by atoms with Crippen LogP contribution in [0, 0.1) is 10.1 Å². The molecule has 0 aliphatic carbocycles. The summed E-state index contributed by atoms with van der Waals surface area (Å²) in [6.45, 7) is 6.33. The number of hydrogen-bond acceptors (Lipinski definition) is 7. The molecule has 0 aliphatic heterocycles. The predicted molar refractivity (Wildman–Crippen MR) is 103 cm³/mol. The first-order valence-electron chi connectivity index (χ1n) is 8.51. The van der Waals surface area contributed by atoms with Crippen LogP contribution in [0.1, 0.15) is 12.5 Å². The van der Waals surface area contributed by atoms with Crippen molar-refractivity contribution in [3.63, 3.8) is 0 Å². The molecule has 8 heteroatoms. The molecule has 0 fully saturated rings. The fraction of sp³-hybridized carbons (Fsp3) is 0.250. The molecule has 28 heavy (non-hydrogen) atoms. The van der Waals surface area contributed by atoms with Gasteiger partial charge < -0.3 is 18.9 Å². The van der Waals surface area contributed by atoms with Crippen molar-refractivity contribution in [2.75, 3.05) is 26.9 Å². The first kappa shape index (κ1) is 20.9. The second kappa shape index (κ2) is 10.1. The maximum absolute atomic E-state index is 12.2. The summed E-state index contributed by atoms with van der Waals surface area (Å²) < 4.78 is 21.5. The van der Waals surface area contributed by atoms with Gasteiger partial charge in [-0.25, -0.2) is 4.79 Å². The number of nitrogens with zero attached hydrogens (tertiary/aromatic N) is 1. The molecular weight excluding hydrogens is 366 g/mol. The van der Waals surface area contributed by atoms with Crippen LogP contribution in [0.5, 0.6) is 17.2 Å². The topological polar surface area (TPSA) is 97.1 Å². The second-order valence-corrected chi connectivity index (χ2v) is 5.52. The third-order valence-corrected chi connectivity index (χ3v) is 3.63. The van der Waals surface area contributed by atoms with Gasteiger partial charge in [0.05, 0.1) is 29.3 Å². The first-order valence-corrected chi connectivity index (χ1v) is 8.51. The van der Waals surface area contributed by atoms with E-state index in [9.17, 15) is 14.9 Å². The molecule has 2 aromatic rings. The second-order valence-electron chi connectivity index (χ2n) is 5.52. The summed E-state index contributed by atoms with van der Waals surface area (Å²) in [4.78, 5) is 22.5. The molecule has 148 valence electrons. The average Bonchev–Trinajstić information content (AvgIpc) is 2.68. The van der Waals surface area contributed by atoms with Gasteiger partial charge in [-0.3, -0.25) is 10.1 Å². The molecule has 0 unspecified atom stereocenters. The molecule has 2 aromatic carbocycles. The Hall–Kier alpha value is -3.39. The van der Waals surface area contributed by atoms with Crippen molar-refractivity contribution in [1.29, 1.82) is 0 Å². The fourth-order valence-electron chi connectivity index (χ4n) is 2.33. The van der Waals surface area contributed by atoms with Crippen LogP contribution in [0.3, 0.4) is 0 Å². The monoisotopic (exact) mass is 387 g/mol. The molecule has 0 saturated carbocycles. The highest BCUT2D eigenvalue weighted by Crippen LogP contribution is 2.37. The van der Waals surface area contributed by atoms with Crippen molar-refractivity contribution < 1.29 is 28.7 Å². The van der Waals surface area contributed by atoms with E-state index in [-0.39, 0.29) is 24.5 Å². The summed E-state index contributed by atoms with van der Waals surface area (Å²) in [7, 11) is 1.55. The van der Waals surface area contributed by atoms with Gasteiger partial charge in [0.25, 0.3) is 5.69 Å². The smallest absolute Gasteiger partial charge is 0.338 e. The normalized spacial score (nSPS) is 10.2. The van der Waals surface area contributed by atoms with Crippen molar-refractivity contribution in [2.24, 2.45) is 0 Å². The van der Waals surface area contributed by atoms with Gasteiger partial charge in [-0.1, -0.05) is 12.6 Å². The Bertz CT molecular complexity index is 846. The molecule has 0 atom stereocenters. The van der Waals surface area contributed by atoms with Crippen LogP contribution in [0.4, 0.5) is 5.69 Å². The highest BCUT2D eigenvalue weighted by atomic mass is 16.6. The zero-order valence-electron chi connectivity index (χ0n) is 15.7. The molecule has 0 radical (unpaired) electrons. The molecule has 2 rings (SSSR count). The molecule has 0 saturated heterocycles. The van der Waals surface area contributed by atoms with Crippen LogP contribution in [-0.2, 0) is 14.3 Å². The van der Waals surface area contributed by atoms with Crippen LogP contribution in [0.25, 0.3) is 5.57 Å². The van der Waals surface area contributed by atoms with E-state index < -0.39 is 10.9 Å². The third kappa shape index (κ3) is 5.31. The summed E-state index contributed by atoms with van der Waals surface area (Å²) in [5, 5.41) is 10.8. The Balaban J connectivity index is 2.38. The summed E-state index contributed by atoms with van der Waals surface area (Å²) in [5.41, 5.74) is 0.363. The van der Waals surface area contributed by atoms with Gasteiger partial charge in [0.15, 0.2) is 0 Å². The lowest BCUT2D eigenvalue weighted by atomic mass is 10.0. The van der Waals surface area contributed by atoms with Crippen LogP contribution < -0.4 is 9.47 Å². The third-order valence-electron chi connectivity index (χ3n) is 3.63. The average molecular weight is 387 g/mol. The van der Waals surface area contributed by atoms with E-state index in [0.29, 0.717) is 29.4 Å². The number of nitro groups is 1. The van der Waals surface area contributed by atoms with Crippen LogP contribution >= 0.6 is 0 Å². The summed E-state index contributed by atoms with van der Waals surface area (Å²) in [5.74, 6) is 0.452. The van der Waals surface area contributed by atoms with Crippen molar-refractivity contribution >= 4 is 17.2 Å². The SMILES string of the molecule is C=C(C(=O)OCC)c1c(OCCOC)cccc1Oc1ccc([N+](=O)[O-])cc1. The number of benzene rings is 2. The number of nitro benzene ring substituents is 1. The Kier molecular flexibility index (Phi) is 7.53. The highest BCUT2D eigenvalue weighted by molar-refractivity contribution is 6.17. The lowest BCUT2D eigenvalue weighted by Crippen LogP contribution is -2.10. The van der Waals surface area contributed by atoms with E-state index in [1.807, 2.05) is 0 Å². The number of hydrogen-bond donors (Lipinski definition) is 0. The summed E-state index contributed by atoms with van der Waals surface area (Å²) >= 11 is 0. The maximum Gasteiger partial charge on any atom is 0.338 e. The molecular formula is C20H21NO7. The van der Waals surface area contributed by atoms with Crippen molar-refractivity contribution in [2.45, 2.75) is 6.92 Å². The van der Waals surface area contributed by atoms with Crippen molar-refractivity contribution in [3.8, 4) is 17.2 Å². The minimum absolute atomic E-state index is 0.0554. The molecule has 0 spiro atoms. The molecule has 0 aromatic heterocycles. The fourth-order valence-corrected chi connectivity index (χ4v) is 2.33. The van der Waals surface area contributed by atoms with Gasteiger partial charge in [0.2, 0.25) is 0 Å². The first-order chi connectivity index (χ1) is 13.5. The van der Waals surface area contributed by atoms with Crippen LogP contribution in [-0.4, -0.2) is 37.8 Å². The largest absolute Gasteiger partial charge is 0.490 e. The number of esters is 1. The molecule has 0 N–H and O–H groups in total. The van der Waals surface area contributed by atoms with E-state index in [1.165, 1.54) is 24.3 Å². The standard InChI is InChI=1S/C20H21NO7/c1-4-26-20(22)14(2)19-17(27-13-12-25-3)6-5-7-18(19)28-16-10-8-15(9-11-16)21(23)24/h5-11H,2,4,12-13H2,1,3H3. The van der Waals surface area contributed by atoms with E-state index >= 15 is 0 Å². The Labute approximate surface area is 162 Å². The van der Waals surface area contributed by atoms with E-state index in [0.717, 1.165) is 0 Å². The predicted octanol–water partition coefficient (Wildman–Crippen LogP) is 3.99. The zero-order valence-corrected chi connectivity index (χ0v) is 15.7. The maximum atomic E-state index is 12.2. The zero-order chi connectivity index (χ0) is 20.5. The molecule has 0 aliphatic rings. The van der Waals surface area contributed by atoms with E-state index in [2.05, 4.69) is 6.58 Å². The molecule has 0 heterocycles. The number of methoxy groups -OCH3 is 1. The van der Waals surface area contributed by atoms with Crippen LogP contribution in [0.2, 0.25) is 0 Å². The molecule has 8 nitrogen and oxygen atoms in total. The van der Waals surface area contributed by atoms with Gasteiger partial charge in [0, 0.05) is 19.2 Å². The van der Waals surface area contributed by atoms with Gasteiger partial charge in [0.1, 0.15) is 23.9 Å². The van der Waals surface area contributed by atoms with Gasteiger partial charge in [-0.2, -0.15) is 0 Å². The number of non-ortho nitro benzene ring substituents is 1. The Morgan fingerprint density at radius 3 is 2.39 bits per heavy atom. The van der Waals surface area contributed by atoms with E-state index in [1.54, 1.807) is 32.2 Å². The van der Waals surface area contributed by atoms with Crippen LogP contribution in [0.15, 0.2) is 49.0 Å². The van der Waals surface area contributed by atoms with Gasteiger partial charge in [-0.05, 0) is 31.2 Å². The number of carbonyl (C=O) groups is 1. The van der Waals surface area contributed by atoms with Gasteiger partial charge in [-0.15, -0.1) is 0 Å². The molecule has 0 bridgehead atoms.